The van der Waals surface area contributed by atoms with Crippen LogP contribution in [0.25, 0.3) is 11.0 Å². The predicted octanol–water partition coefficient (Wildman–Crippen LogP) is 3.12. The molecule has 0 radical (unpaired) electrons. The summed E-state index contributed by atoms with van der Waals surface area (Å²) in [5, 5.41) is 2.50. The van der Waals surface area contributed by atoms with Crippen molar-refractivity contribution in [3.8, 4) is 0 Å². The first kappa shape index (κ1) is 20.9. The lowest BCUT2D eigenvalue weighted by atomic mass is 9.96. The number of aryl methyl sites for hydroxylation is 1. The van der Waals surface area contributed by atoms with Gasteiger partial charge >= 0.3 is 5.69 Å². The third-order valence-electron chi connectivity index (χ3n) is 4.15. The van der Waals surface area contributed by atoms with Crippen LogP contribution < -0.4 is 11.2 Å². The number of thioether (sulfide) groups is 1. The van der Waals surface area contributed by atoms with Gasteiger partial charge in [0.15, 0.2) is 11.4 Å². The molecule has 0 N–H and O–H groups in total. The number of carbonyl (C=O) groups is 1. The highest BCUT2D eigenvalue weighted by Crippen LogP contribution is 2.29. The molecule has 3 heterocycles. The van der Waals surface area contributed by atoms with Crippen molar-refractivity contribution in [3.05, 3.63) is 47.5 Å². The molecule has 10 heteroatoms. The summed E-state index contributed by atoms with van der Waals surface area (Å²) in [5.41, 5.74) is -1.03. The zero-order chi connectivity index (χ0) is 20.8. The normalized spacial score (nSPS) is 11.9. The van der Waals surface area contributed by atoms with Crippen LogP contribution in [0, 0.1) is 0 Å². The van der Waals surface area contributed by atoms with E-state index in [1.165, 1.54) is 34.7 Å². The number of ketones is 1. The quantitative estimate of drug-likeness (QED) is 0.322. The van der Waals surface area contributed by atoms with Crippen LogP contribution in [0.2, 0.25) is 0 Å². The molecule has 3 rings (SSSR count). The van der Waals surface area contributed by atoms with Gasteiger partial charge in [-0.2, -0.15) is 0 Å². The summed E-state index contributed by atoms with van der Waals surface area (Å²) < 4.78 is 3.13. The molecule has 0 aromatic carbocycles. The van der Waals surface area contributed by atoms with Gasteiger partial charge in [-0.3, -0.25) is 18.7 Å². The maximum absolute atomic E-state index is 12.8. The summed E-state index contributed by atoms with van der Waals surface area (Å²) in [7, 11) is 3.00. The number of nitrogens with zero attached hydrogens (tertiary/aromatic N) is 4. The summed E-state index contributed by atoms with van der Waals surface area (Å²) in [6.45, 7) is 5.86. The van der Waals surface area contributed by atoms with Gasteiger partial charge in [0, 0.05) is 24.0 Å². The lowest BCUT2D eigenvalue weighted by Crippen LogP contribution is -2.38. The lowest BCUT2D eigenvalue weighted by Gasteiger charge is -2.19. The molecule has 7 nitrogen and oxygen atoms in total. The first-order chi connectivity index (χ1) is 13.0. The molecule has 0 amide bonds. The number of hydrogen-bond acceptors (Lipinski definition) is 7. The standard InChI is InChI=1S/C18H19BrN4O3S2/c1-18(2,3)16-20-13-11(15(25)23(5)17(26)22(13)4)14(21-16)28-8-10(24)12-9(19)6-7-27-12/h6-7H,8H2,1-5H3. The Labute approximate surface area is 178 Å². The van der Waals surface area contributed by atoms with Crippen LogP contribution in [0.15, 0.2) is 30.5 Å². The van der Waals surface area contributed by atoms with Crippen LogP contribution in [0.1, 0.15) is 36.3 Å². The fourth-order valence-electron chi connectivity index (χ4n) is 2.56. The predicted molar refractivity (Wildman–Crippen MR) is 116 cm³/mol. The van der Waals surface area contributed by atoms with E-state index >= 15 is 0 Å². The topological polar surface area (TPSA) is 86.8 Å². The van der Waals surface area contributed by atoms with Gasteiger partial charge in [0.05, 0.1) is 10.6 Å². The second-order valence-electron chi connectivity index (χ2n) is 7.32. The highest BCUT2D eigenvalue weighted by molar-refractivity contribution is 9.10. The van der Waals surface area contributed by atoms with Crippen LogP contribution in [0.4, 0.5) is 0 Å². The number of Topliss-reactive ketones (excluding diaryl/α,β-unsaturated/α-hetero) is 1. The summed E-state index contributed by atoms with van der Waals surface area (Å²) in [4.78, 5) is 47.4. The second kappa shape index (κ2) is 7.57. The number of aromatic nitrogens is 4. The van der Waals surface area contributed by atoms with Crippen molar-refractivity contribution in [1.29, 1.82) is 0 Å². The zero-order valence-corrected chi connectivity index (χ0v) is 19.3. The summed E-state index contributed by atoms with van der Waals surface area (Å²) >= 11 is 5.92. The third-order valence-corrected chi connectivity index (χ3v) is 7.00. The van der Waals surface area contributed by atoms with Gasteiger partial charge in [0.1, 0.15) is 16.2 Å². The molecule has 0 fully saturated rings. The van der Waals surface area contributed by atoms with Gasteiger partial charge in [-0.1, -0.05) is 32.5 Å². The molecule has 0 aliphatic heterocycles. The van der Waals surface area contributed by atoms with E-state index in [0.29, 0.717) is 15.7 Å². The Bertz CT molecular complexity index is 1200. The van der Waals surface area contributed by atoms with E-state index in [9.17, 15) is 14.4 Å². The van der Waals surface area contributed by atoms with Crippen molar-refractivity contribution in [2.45, 2.75) is 31.2 Å². The van der Waals surface area contributed by atoms with Crippen molar-refractivity contribution >= 4 is 55.8 Å². The Kier molecular flexibility index (Phi) is 5.66. The largest absolute Gasteiger partial charge is 0.332 e. The molecule has 28 heavy (non-hydrogen) atoms. The maximum Gasteiger partial charge on any atom is 0.332 e. The third kappa shape index (κ3) is 3.72. The highest BCUT2D eigenvalue weighted by atomic mass is 79.9. The van der Waals surface area contributed by atoms with E-state index in [-0.39, 0.29) is 28.0 Å². The number of fused-ring (bicyclic) bond motifs is 1. The van der Waals surface area contributed by atoms with Crippen LogP contribution in [0.5, 0.6) is 0 Å². The monoisotopic (exact) mass is 482 g/mol. The molecule has 0 bridgehead atoms. The second-order valence-corrected chi connectivity index (χ2v) is 10.1. The van der Waals surface area contributed by atoms with Crippen molar-refractivity contribution in [2.75, 3.05) is 5.75 Å². The summed E-state index contributed by atoms with van der Waals surface area (Å²) in [5.74, 6) is 0.578. The molecule has 0 spiro atoms. The fourth-order valence-corrected chi connectivity index (χ4v) is 5.07. The number of rotatable bonds is 4. The first-order valence-corrected chi connectivity index (χ1v) is 11.1. The van der Waals surface area contributed by atoms with Gasteiger partial charge in [0.25, 0.3) is 5.56 Å². The molecular formula is C18H19BrN4O3S2. The Morgan fingerprint density at radius 3 is 2.46 bits per heavy atom. The minimum Gasteiger partial charge on any atom is -0.292 e. The molecule has 0 unspecified atom stereocenters. The average Bonchev–Trinajstić information content (AvgIpc) is 3.07. The molecule has 0 saturated carbocycles. The molecule has 0 atom stereocenters. The van der Waals surface area contributed by atoms with Crippen molar-refractivity contribution in [1.82, 2.24) is 19.1 Å². The van der Waals surface area contributed by atoms with E-state index in [0.717, 1.165) is 9.04 Å². The van der Waals surface area contributed by atoms with Gasteiger partial charge in [0.2, 0.25) is 0 Å². The SMILES string of the molecule is Cn1c(=O)c2c(SCC(=O)c3sccc3Br)nc(C(C)(C)C)nc2n(C)c1=O. The number of thiophene rings is 1. The van der Waals surface area contributed by atoms with E-state index in [2.05, 4.69) is 25.9 Å². The molecule has 0 aliphatic carbocycles. The Morgan fingerprint density at radius 2 is 1.89 bits per heavy atom. The average molecular weight is 483 g/mol. The molecule has 3 aromatic rings. The van der Waals surface area contributed by atoms with Crippen molar-refractivity contribution in [3.63, 3.8) is 0 Å². The lowest BCUT2D eigenvalue weighted by molar-refractivity contribution is 0.102. The minimum absolute atomic E-state index is 0.0578. The number of halogens is 1. The maximum atomic E-state index is 12.8. The molecular weight excluding hydrogens is 464 g/mol. The van der Waals surface area contributed by atoms with Crippen LogP contribution in [-0.4, -0.2) is 30.6 Å². The minimum atomic E-state index is -0.467. The van der Waals surface area contributed by atoms with Gasteiger partial charge in [-0.15, -0.1) is 11.3 Å². The summed E-state index contributed by atoms with van der Waals surface area (Å²) in [6.07, 6.45) is 0. The molecule has 0 aliphatic rings. The Hall–Kier alpha value is -1.78. The Morgan fingerprint density at radius 1 is 1.21 bits per heavy atom. The zero-order valence-electron chi connectivity index (χ0n) is 16.1. The smallest absolute Gasteiger partial charge is 0.292 e. The van der Waals surface area contributed by atoms with Gasteiger partial charge < -0.3 is 0 Å². The van der Waals surface area contributed by atoms with Gasteiger partial charge in [-0.05, 0) is 27.4 Å². The van der Waals surface area contributed by atoms with Crippen LogP contribution in [0.3, 0.4) is 0 Å². The molecule has 3 aromatic heterocycles. The van der Waals surface area contributed by atoms with Crippen LogP contribution >= 0.6 is 39.0 Å². The molecule has 0 saturated heterocycles. The molecule has 148 valence electrons. The highest BCUT2D eigenvalue weighted by Gasteiger charge is 2.24. The first-order valence-electron chi connectivity index (χ1n) is 8.39. The van der Waals surface area contributed by atoms with E-state index in [1.807, 2.05) is 32.2 Å². The summed E-state index contributed by atoms with van der Waals surface area (Å²) in [6, 6.07) is 1.83. The van der Waals surface area contributed by atoms with Gasteiger partial charge in [-0.25, -0.2) is 14.8 Å². The number of hydrogen-bond donors (Lipinski definition) is 0. The fraction of sp³-hybridized carbons (Fsp3) is 0.389. The van der Waals surface area contributed by atoms with Crippen molar-refractivity contribution < 1.29 is 4.79 Å². The van der Waals surface area contributed by atoms with E-state index < -0.39 is 11.2 Å². The van der Waals surface area contributed by atoms with Crippen molar-refractivity contribution in [2.24, 2.45) is 14.1 Å². The van der Waals surface area contributed by atoms with E-state index in [1.54, 1.807) is 7.05 Å². The Balaban J connectivity index is 2.17. The van der Waals surface area contributed by atoms with Crippen LogP contribution in [-0.2, 0) is 19.5 Å². The number of carbonyl (C=O) groups excluding carboxylic acids is 1. The van der Waals surface area contributed by atoms with E-state index in [4.69, 9.17) is 0 Å².